The first-order chi connectivity index (χ1) is 15.7. The first kappa shape index (κ1) is 23.8. The van der Waals surface area contributed by atoms with E-state index in [1.165, 1.54) is 18.7 Å². The highest BCUT2D eigenvalue weighted by molar-refractivity contribution is 5.96. The van der Waals surface area contributed by atoms with Crippen molar-refractivity contribution in [2.45, 2.75) is 33.0 Å². The minimum atomic E-state index is -0.628. The number of aryl methyl sites for hydroxylation is 1. The number of likely N-dealkylation sites (N-methyl/N-ethyl adjacent to an activating group) is 1. The van der Waals surface area contributed by atoms with E-state index in [-0.39, 0.29) is 29.5 Å². The Morgan fingerprint density at radius 3 is 2.67 bits per heavy atom. The Kier molecular flexibility index (Phi) is 7.04. The van der Waals surface area contributed by atoms with Crippen molar-refractivity contribution in [2.75, 3.05) is 25.6 Å². The number of aromatic nitrogens is 4. The lowest BCUT2D eigenvalue weighted by molar-refractivity contribution is 0.0968. The Balaban J connectivity index is 2.19. The molecule has 0 aliphatic heterocycles. The topological polar surface area (TPSA) is 117 Å². The molecule has 0 amide bonds. The molecule has 174 valence electrons. The van der Waals surface area contributed by atoms with Gasteiger partial charge in [0.25, 0.3) is 5.56 Å². The average molecular weight is 453 g/mol. The molecular formula is C23H28N6O4. The number of hydrogen-bond donors (Lipinski definition) is 1. The lowest BCUT2D eigenvalue weighted by atomic mass is 10.1. The summed E-state index contributed by atoms with van der Waals surface area (Å²) in [6.07, 6.45) is 0. The monoisotopic (exact) mass is 452 g/mol. The molecule has 10 heteroatoms. The van der Waals surface area contributed by atoms with E-state index in [0.717, 1.165) is 4.57 Å². The molecule has 0 bridgehead atoms. The lowest BCUT2D eigenvalue weighted by Crippen LogP contribution is -2.41. The van der Waals surface area contributed by atoms with Gasteiger partial charge in [-0.2, -0.15) is 4.98 Å². The van der Waals surface area contributed by atoms with Crippen molar-refractivity contribution >= 4 is 22.9 Å². The number of carbonyl (C=O) groups is 1. The maximum atomic E-state index is 13.5. The number of Topliss-reactive ketones (excluding diaryl/α,β-unsaturated/α-hetero) is 1. The standard InChI is InChI=1S/C23H28N6O4/c1-6-7-11-28-19-20(25-22(28)26(3)13-15(2)24)27(4)23(32)29(21(19)31)14-18(30)16-9-8-10-17(12-16)33-5/h8-10,12,15H,11,13-14,24H2,1-5H3. The molecule has 1 atom stereocenters. The van der Waals surface area contributed by atoms with E-state index in [2.05, 4.69) is 16.8 Å². The molecule has 0 aliphatic rings. The summed E-state index contributed by atoms with van der Waals surface area (Å²) in [4.78, 5) is 45.7. The Morgan fingerprint density at radius 2 is 2.03 bits per heavy atom. The summed E-state index contributed by atoms with van der Waals surface area (Å²) >= 11 is 0. The van der Waals surface area contributed by atoms with Crippen molar-refractivity contribution in [3.8, 4) is 17.6 Å². The third-order valence-electron chi connectivity index (χ3n) is 5.22. The number of carbonyl (C=O) groups excluding carboxylic acids is 1. The number of benzene rings is 1. The fraction of sp³-hybridized carbons (Fsp3) is 0.391. The molecule has 10 nitrogen and oxygen atoms in total. The normalized spacial score (nSPS) is 11.7. The van der Waals surface area contributed by atoms with Gasteiger partial charge in [0.05, 0.1) is 20.2 Å². The maximum absolute atomic E-state index is 13.5. The predicted molar refractivity (Wildman–Crippen MR) is 127 cm³/mol. The summed E-state index contributed by atoms with van der Waals surface area (Å²) in [5.74, 6) is 6.35. The molecule has 2 N–H and O–H groups in total. The van der Waals surface area contributed by atoms with Crippen molar-refractivity contribution in [2.24, 2.45) is 12.8 Å². The van der Waals surface area contributed by atoms with Gasteiger partial charge in [-0.05, 0) is 26.0 Å². The highest BCUT2D eigenvalue weighted by Crippen LogP contribution is 2.19. The third kappa shape index (κ3) is 4.68. The number of nitrogens with two attached hydrogens (primary N) is 1. The zero-order valence-electron chi connectivity index (χ0n) is 19.5. The summed E-state index contributed by atoms with van der Waals surface area (Å²) in [7, 11) is 4.83. The van der Waals surface area contributed by atoms with Crippen LogP contribution in [0.2, 0.25) is 0 Å². The van der Waals surface area contributed by atoms with Crippen LogP contribution in [0.5, 0.6) is 5.75 Å². The number of fused-ring (bicyclic) bond motifs is 1. The first-order valence-corrected chi connectivity index (χ1v) is 10.4. The van der Waals surface area contributed by atoms with Crippen LogP contribution in [0.4, 0.5) is 5.95 Å². The Morgan fingerprint density at radius 1 is 1.30 bits per heavy atom. The number of ketones is 1. The van der Waals surface area contributed by atoms with Crippen LogP contribution in [0, 0.1) is 11.8 Å². The lowest BCUT2D eigenvalue weighted by Gasteiger charge is -2.20. The van der Waals surface area contributed by atoms with Gasteiger partial charge < -0.3 is 15.4 Å². The van der Waals surface area contributed by atoms with Crippen molar-refractivity contribution in [1.29, 1.82) is 0 Å². The highest BCUT2D eigenvalue weighted by atomic mass is 16.5. The molecule has 2 aromatic heterocycles. The van der Waals surface area contributed by atoms with Crippen LogP contribution in [0.1, 0.15) is 24.2 Å². The molecule has 0 saturated heterocycles. The van der Waals surface area contributed by atoms with Crippen LogP contribution >= 0.6 is 0 Å². The van der Waals surface area contributed by atoms with Crippen LogP contribution in [0.15, 0.2) is 33.9 Å². The van der Waals surface area contributed by atoms with Crippen LogP contribution in [-0.2, 0) is 20.1 Å². The second-order valence-electron chi connectivity index (χ2n) is 7.84. The van der Waals surface area contributed by atoms with E-state index in [1.807, 2.05) is 18.9 Å². The molecule has 1 aromatic carbocycles. The van der Waals surface area contributed by atoms with Crippen LogP contribution in [-0.4, -0.2) is 51.2 Å². The van der Waals surface area contributed by atoms with Gasteiger partial charge in [-0.1, -0.05) is 18.1 Å². The van der Waals surface area contributed by atoms with Gasteiger partial charge in [0.2, 0.25) is 5.95 Å². The molecule has 3 rings (SSSR count). The third-order valence-corrected chi connectivity index (χ3v) is 5.22. The minimum Gasteiger partial charge on any atom is -0.497 e. The van der Waals surface area contributed by atoms with Crippen molar-refractivity contribution in [1.82, 2.24) is 18.7 Å². The molecule has 3 aromatic rings. The number of methoxy groups -OCH3 is 1. The molecule has 0 spiro atoms. The number of nitrogens with zero attached hydrogens (tertiary/aromatic N) is 5. The number of anilines is 1. The molecule has 0 aliphatic carbocycles. The second-order valence-corrected chi connectivity index (χ2v) is 7.84. The van der Waals surface area contributed by atoms with Crippen LogP contribution < -0.4 is 26.6 Å². The summed E-state index contributed by atoms with van der Waals surface area (Å²) in [6, 6.07) is 6.43. The fourth-order valence-corrected chi connectivity index (χ4v) is 3.64. The maximum Gasteiger partial charge on any atom is 0.332 e. The molecule has 2 heterocycles. The molecular weight excluding hydrogens is 424 g/mol. The zero-order chi connectivity index (χ0) is 24.3. The molecule has 0 radical (unpaired) electrons. The predicted octanol–water partition coefficient (Wildman–Crippen LogP) is 0.595. The summed E-state index contributed by atoms with van der Waals surface area (Å²) in [5, 5.41) is 0. The Hall–Kier alpha value is -3.84. The molecule has 33 heavy (non-hydrogen) atoms. The summed E-state index contributed by atoms with van der Waals surface area (Å²) in [5.41, 5.74) is 5.47. The second kappa shape index (κ2) is 9.75. The Bertz CT molecular complexity index is 1370. The van der Waals surface area contributed by atoms with Gasteiger partial charge >= 0.3 is 5.69 Å². The number of ether oxygens (including phenoxy) is 1. The van der Waals surface area contributed by atoms with Gasteiger partial charge in [-0.15, -0.1) is 5.92 Å². The van der Waals surface area contributed by atoms with E-state index >= 15 is 0 Å². The molecule has 1 unspecified atom stereocenters. The van der Waals surface area contributed by atoms with E-state index in [1.54, 1.807) is 35.8 Å². The average Bonchev–Trinajstić information content (AvgIpc) is 3.18. The van der Waals surface area contributed by atoms with E-state index in [9.17, 15) is 14.4 Å². The fourth-order valence-electron chi connectivity index (χ4n) is 3.64. The quantitative estimate of drug-likeness (QED) is 0.393. The van der Waals surface area contributed by atoms with Crippen LogP contribution in [0.3, 0.4) is 0 Å². The van der Waals surface area contributed by atoms with E-state index in [0.29, 0.717) is 23.8 Å². The van der Waals surface area contributed by atoms with Crippen molar-refractivity contribution in [3.63, 3.8) is 0 Å². The molecule has 0 fully saturated rings. The number of rotatable bonds is 8. The Labute approximate surface area is 191 Å². The van der Waals surface area contributed by atoms with Crippen molar-refractivity contribution in [3.05, 3.63) is 50.7 Å². The smallest absolute Gasteiger partial charge is 0.332 e. The zero-order valence-corrected chi connectivity index (χ0v) is 19.5. The molecule has 0 saturated carbocycles. The van der Waals surface area contributed by atoms with E-state index in [4.69, 9.17) is 10.5 Å². The number of imidazole rings is 1. The van der Waals surface area contributed by atoms with Crippen LogP contribution in [0.25, 0.3) is 11.2 Å². The summed E-state index contributed by atoms with van der Waals surface area (Å²) in [6.45, 7) is 3.83. The minimum absolute atomic E-state index is 0.138. The van der Waals surface area contributed by atoms with Crippen molar-refractivity contribution < 1.29 is 9.53 Å². The van der Waals surface area contributed by atoms with Gasteiger partial charge in [0.15, 0.2) is 16.9 Å². The van der Waals surface area contributed by atoms with Gasteiger partial charge in [0.1, 0.15) is 5.75 Å². The number of hydrogen-bond acceptors (Lipinski definition) is 7. The van der Waals surface area contributed by atoms with Gasteiger partial charge in [-0.25, -0.2) is 4.79 Å². The largest absolute Gasteiger partial charge is 0.497 e. The van der Waals surface area contributed by atoms with Gasteiger partial charge in [-0.3, -0.25) is 23.3 Å². The SMILES string of the molecule is CC#CCn1c(N(C)CC(C)N)nc2c1c(=O)n(CC(=O)c1cccc(OC)c1)c(=O)n2C. The first-order valence-electron chi connectivity index (χ1n) is 10.4. The summed E-state index contributed by atoms with van der Waals surface area (Å²) < 4.78 is 9.02. The van der Waals surface area contributed by atoms with E-state index < -0.39 is 17.8 Å². The highest BCUT2D eigenvalue weighted by Gasteiger charge is 2.23. The van der Waals surface area contributed by atoms with Gasteiger partial charge in [0, 0.05) is 32.2 Å².